The van der Waals surface area contributed by atoms with E-state index in [1.54, 1.807) is 0 Å². The van der Waals surface area contributed by atoms with Crippen LogP contribution in [-0.4, -0.2) is 15.8 Å². The summed E-state index contributed by atoms with van der Waals surface area (Å²) < 4.78 is 2.21. The molecule has 21 heavy (non-hydrogen) atoms. The lowest BCUT2D eigenvalue weighted by Crippen LogP contribution is -2.22. The maximum Gasteiger partial charge on any atom is 0.0730 e. The van der Waals surface area contributed by atoms with E-state index < -0.39 is 0 Å². The largest absolute Gasteiger partial charge is 0.310 e. The van der Waals surface area contributed by atoms with Crippen molar-refractivity contribution in [2.45, 2.75) is 59.2 Å². The molecule has 3 heteroatoms. The SMILES string of the molecule is CCC(CC)n1ncc(CNC(C)C)c1-c1ccccc1. The van der Waals surface area contributed by atoms with E-state index >= 15 is 0 Å². The lowest BCUT2D eigenvalue weighted by molar-refractivity contribution is 0.432. The highest BCUT2D eigenvalue weighted by atomic mass is 15.3. The summed E-state index contributed by atoms with van der Waals surface area (Å²) in [5, 5.41) is 8.20. The Labute approximate surface area is 128 Å². The Morgan fingerprint density at radius 1 is 1.10 bits per heavy atom. The van der Waals surface area contributed by atoms with Gasteiger partial charge in [-0.05, 0) is 12.8 Å². The Morgan fingerprint density at radius 3 is 2.33 bits per heavy atom. The van der Waals surface area contributed by atoms with Gasteiger partial charge in [-0.2, -0.15) is 5.10 Å². The zero-order valence-electron chi connectivity index (χ0n) is 13.6. The van der Waals surface area contributed by atoms with Gasteiger partial charge >= 0.3 is 0 Å². The molecule has 1 heterocycles. The number of rotatable bonds is 7. The van der Waals surface area contributed by atoms with Gasteiger partial charge in [0.15, 0.2) is 0 Å². The first kappa shape index (κ1) is 15.8. The van der Waals surface area contributed by atoms with Gasteiger partial charge in [-0.3, -0.25) is 4.68 Å². The molecule has 0 atom stereocenters. The van der Waals surface area contributed by atoms with Crippen LogP contribution < -0.4 is 5.32 Å². The first-order valence-corrected chi connectivity index (χ1v) is 8.02. The van der Waals surface area contributed by atoms with Gasteiger partial charge in [-0.15, -0.1) is 0 Å². The van der Waals surface area contributed by atoms with E-state index in [2.05, 4.69) is 73.1 Å². The van der Waals surface area contributed by atoms with Crippen LogP contribution in [0.3, 0.4) is 0 Å². The van der Waals surface area contributed by atoms with Crippen LogP contribution >= 0.6 is 0 Å². The van der Waals surface area contributed by atoms with E-state index in [0.717, 1.165) is 19.4 Å². The quantitative estimate of drug-likeness (QED) is 0.816. The third-order valence-electron chi connectivity index (χ3n) is 3.91. The van der Waals surface area contributed by atoms with Crippen molar-refractivity contribution in [3.8, 4) is 11.3 Å². The van der Waals surface area contributed by atoms with Crippen molar-refractivity contribution in [2.75, 3.05) is 0 Å². The van der Waals surface area contributed by atoms with Crippen LogP contribution in [0.25, 0.3) is 11.3 Å². The second-order valence-corrected chi connectivity index (χ2v) is 5.83. The second-order valence-electron chi connectivity index (χ2n) is 5.83. The summed E-state index contributed by atoms with van der Waals surface area (Å²) >= 11 is 0. The number of benzene rings is 1. The van der Waals surface area contributed by atoms with E-state index in [1.807, 2.05) is 6.20 Å². The van der Waals surface area contributed by atoms with Crippen molar-refractivity contribution in [3.05, 3.63) is 42.1 Å². The van der Waals surface area contributed by atoms with E-state index in [-0.39, 0.29) is 0 Å². The highest BCUT2D eigenvalue weighted by Crippen LogP contribution is 2.28. The van der Waals surface area contributed by atoms with E-state index in [1.165, 1.54) is 16.8 Å². The van der Waals surface area contributed by atoms with Crippen molar-refractivity contribution in [2.24, 2.45) is 0 Å². The smallest absolute Gasteiger partial charge is 0.0730 e. The first-order valence-electron chi connectivity index (χ1n) is 8.02. The van der Waals surface area contributed by atoms with Crippen molar-refractivity contribution in [1.82, 2.24) is 15.1 Å². The molecule has 0 aliphatic rings. The van der Waals surface area contributed by atoms with Crippen molar-refractivity contribution >= 4 is 0 Å². The zero-order chi connectivity index (χ0) is 15.2. The van der Waals surface area contributed by atoms with E-state index in [4.69, 9.17) is 0 Å². The highest BCUT2D eigenvalue weighted by molar-refractivity contribution is 5.63. The summed E-state index contributed by atoms with van der Waals surface area (Å²) in [6.07, 6.45) is 4.24. The minimum atomic E-state index is 0.466. The van der Waals surface area contributed by atoms with Gasteiger partial charge in [0, 0.05) is 23.7 Å². The monoisotopic (exact) mass is 285 g/mol. The average molecular weight is 285 g/mol. The maximum absolute atomic E-state index is 4.69. The predicted octanol–water partition coefficient (Wildman–Crippen LogP) is 4.41. The summed E-state index contributed by atoms with van der Waals surface area (Å²) in [5.74, 6) is 0. The van der Waals surface area contributed by atoms with Crippen molar-refractivity contribution in [3.63, 3.8) is 0 Å². The molecule has 3 nitrogen and oxygen atoms in total. The fourth-order valence-corrected chi connectivity index (χ4v) is 2.67. The van der Waals surface area contributed by atoms with Gasteiger partial charge in [0.05, 0.1) is 17.9 Å². The van der Waals surface area contributed by atoms with Crippen LogP contribution in [-0.2, 0) is 6.54 Å². The molecule has 0 radical (unpaired) electrons. The molecular formula is C18H27N3. The number of nitrogens with zero attached hydrogens (tertiary/aromatic N) is 2. The van der Waals surface area contributed by atoms with Gasteiger partial charge in [-0.1, -0.05) is 58.0 Å². The molecule has 0 bridgehead atoms. The molecule has 0 aliphatic heterocycles. The Bertz CT molecular complexity index is 539. The van der Waals surface area contributed by atoms with Gasteiger partial charge < -0.3 is 5.32 Å². The lowest BCUT2D eigenvalue weighted by Gasteiger charge is -2.18. The van der Waals surface area contributed by atoms with Crippen LogP contribution in [0.1, 0.15) is 52.1 Å². The van der Waals surface area contributed by atoms with Crippen LogP contribution in [0, 0.1) is 0 Å². The van der Waals surface area contributed by atoms with Crippen molar-refractivity contribution < 1.29 is 0 Å². The highest BCUT2D eigenvalue weighted by Gasteiger charge is 2.17. The first-order chi connectivity index (χ1) is 10.2. The fraction of sp³-hybridized carbons (Fsp3) is 0.500. The Hall–Kier alpha value is -1.61. The summed E-state index contributed by atoms with van der Waals surface area (Å²) in [6.45, 7) is 9.68. The van der Waals surface area contributed by atoms with Gasteiger partial charge in [-0.25, -0.2) is 0 Å². The summed E-state index contributed by atoms with van der Waals surface area (Å²) in [5.41, 5.74) is 3.79. The predicted molar refractivity (Wildman–Crippen MR) is 89.3 cm³/mol. The molecular weight excluding hydrogens is 258 g/mol. The van der Waals surface area contributed by atoms with Crippen LogP contribution in [0.5, 0.6) is 0 Å². The van der Waals surface area contributed by atoms with Gasteiger partial charge in [0.2, 0.25) is 0 Å². The molecule has 0 spiro atoms. The number of hydrogen-bond donors (Lipinski definition) is 1. The maximum atomic E-state index is 4.69. The number of aromatic nitrogens is 2. The third kappa shape index (κ3) is 3.73. The topological polar surface area (TPSA) is 29.9 Å². The average Bonchev–Trinajstić information content (AvgIpc) is 2.91. The Morgan fingerprint density at radius 2 is 1.76 bits per heavy atom. The Balaban J connectivity index is 2.42. The summed E-state index contributed by atoms with van der Waals surface area (Å²) in [6, 6.07) is 11.5. The molecule has 0 amide bonds. The van der Waals surface area contributed by atoms with Gasteiger partial charge in [0.25, 0.3) is 0 Å². The number of hydrogen-bond acceptors (Lipinski definition) is 2. The normalized spacial score (nSPS) is 11.5. The molecule has 0 aliphatic carbocycles. The molecule has 0 saturated carbocycles. The third-order valence-corrected chi connectivity index (χ3v) is 3.91. The zero-order valence-corrected chi connectivity index (χ0v) is 13.6. The molecule has 0 unspecified atom stereocenters. The molecule has 0 fully saturated rings. The molecule has 2 aromatic rings. The van der Waals surface area contributed by atoms with Crippen LogP contribution in [0.4, 0.5) is 0 Å². The molecule has 1 aromatic heterocycles. The Kier molecular flexibility index (Phi) is 5.57. The fourth-order valence-electron chi connectivity index (χ4n) is 2.67. The summed E-state index contributed by atoms with van der Waals surface area (Å²) in [7, 11) is 0. The lowest BCUT2D eigenvalue weighted by atomic mass is 10.1. The minimum absolute atomic E-state index is 0.466. The van der Waals surface area contributed by atoms with Crippen LogP contribution in [0.2, 0.25) is 0 Å². The molecule has 1 aromatic carbocycles. The van der Waals surface area contributed by atoms with Gasteiger partial charge in [0.1, 0.15) is 0 Å². The van der Waals surface area contributed by atoms with E-state index in [9.17, 15) is 0 Å². The van der Waals surface area contributed by atoms with Crippen LogP contribution in [0.15, 0.2) is 36.5 Å². The van der Waals surface area contributed by atoms with E-state index in [0.29, 0.717) is 12.1 Å². The standard InChI is InChI=1S/C18H27N3/c1-5-17(6-2)21-18(15-10-8-7-9-11-15)16(13-20-21)12-19-14(3)4/h7-11,13-14,17,19H,5-6,12H2,1-4H3. The van der Waals surface area contributed by atoms with Crippen molar-refractivity contribution in [1.29, 1.82) is 0 Å². The molecule has 0 saturated heterocycles. The molecule has 1 N–H and O–H groups in total. The second kappa shape index (κ2) is 7.41. The minimum Gasteiger partial charge on any atom is -0.310 e. The molecule has 2 rings (SSSR count). The summed E-state index contributed by atoms with van der Waals surface area (Å²) in [4.78, 5) is 0. The molecule has 114 valence electrons. The number of nitrogens with one attached hydrogen (secondary N) is 1.